The van der Waals surface area contributed by atoms with Crippen LogP contribution in [-0.4, -0.2) is 22.7 Å². The van der Waals surface area contributed by atoms with Gasteiger partial charge in [-0.1, -0.05) is 12.1 Å². The highest BCUT2D eigenvalue weighted by atomic mass is 16.8. The summed E-state index contributed by atoms with van der Waals surface area (Å²) >= 11 is 0. The van der Waals surface area contributed by atoms with E-state index in [4.69, 9.17) is 5.73 Å². The number of hydrogen-bond donors (Lipinski definition) is 4. The van der Waals surface area contributed by atoms with Crippen molar-refractivity contribution in [1.29, 1.82) is 0 Å². The second-order valence-electron chi connectivity index (χ2n) is 4.94. The van der Waals surface area contributed by atoms with E-state index < -0.39 is 5.23 Å². The Morgan fingerprint density at radius 2 is 1.88 bits per heavy atom. The number of rotatable bonds is 7. The smallest absolute Gasteiger partial charge is 0.166 e. The molecule has 0 fully saturated rings. The van der Waals surface area contributed by atoms with Crippen LogP contribution in [0.5, 0.6) is 0 Å². The highest BCUT2D eigenvalue weighted by Crippen LogP contribution is 2.29. The lowest BCUT2D eigenvalue weighted by Crippen LogP contribution is -2.16. The molecule has 0 aliphatic rings. The van der Waals surface area contributed by atoms with Crippen LogP contribution >= 0.6 is 0 Å². The van der Waals surface area contributed by atoms with Gasteiger partial charge >= 0.3 is 0 Å². The van der Waals surface area contributed by atoms with Crippen molar-refractivity contribution in [3.8, 4) is 0 Å². The minimum absolute atomic E-state index is 0.113. The molecule has 0 radical (unpaired) electrons. The molecule has 0 aliphatic heterocycles. The maximum atomic E-state index is 12.1. The second kappa shape index (κ2) is 7.62. The van der Waals surface area contributed by atoms with Crippen molar-refractivity contribution in [2.24, 2.45) is 0 Å². The lowest BCUT2D eigenvalue weighted by molar-refractivity contribution is 0.0295. The van der Waals surface area contributed by atoms with E-state index in [1.165, 1.54) is 12.1 Å². The number of carbonyl (C=O) groups excluding carboxylic acids is 1. The summed E-state index contributed by atoms with van der Waals surface area (Å²) in [5.74, 6) is -0.172. The normalized spacial score (nSPS) is 10.3. The fourth-order valence-electron chi connectivity index (χ4n) is 2.14. The molecule has 9 nitrogen and oxygen atoms in total. The average molecular weight is 332 g/mol. The Hall–Kier alpha value is -2.85. The van der Waals surface area contributed by atoms with E-state index in [0.29, 0.717) is 11.3 Å². The Balaban J connectivity index is 2.04. The summed E-state index contributed by atoms with van der Waals surface area (Å²) < 4.78 is 0. The standard InChI is InChI=1S/C15H16N4O5/c16-12-4-2-1-3-11(12)15(20)7-8-17-13-6-5-10(18(21)22)9-14(13)19(23)24/h1-6,9,17,23-24H,7-8,16H2/q-2. The number of hydrogen-bond acceptors (Lipinski definition) is 9. The largest absolute Gasteiger partial charge is 0.769 e. The number of nitrogens with one attached hydrogen (secondary N) is 1. The number of nitrogens with zero attached hydrogens (tertiary/aromatic N) is 2. The maximum absolute atomic E-state index is 12.1. The van der Waals surface area contributed by atoms with Gasteiger partial charge in [-0.3, -0.25) is 15.2 Å². The van der Waals surface area contributed by atoms with Crippen LogP contribution in [0.2, 0.25) is 0 Å². The summed E-state index contributed by atoms with van der Waals surface area (Å²) in [6.45, 7) is 0.186. The zero-order chi connectivity index (χ0) is 17.7. The molecule has 9 heteroatoms. The molecule has 2 aromatic carbocycles. The zero-order valence-electron chi connectivity index (χ0n) is 12.5. The van der Waals surface area contributed by atoms with Crippen molar-refractivity contribution in [2.75, 3.05) is 28.0 Å². The van der Waals surface area contributed by atoms with Crippen molar-refractivity contribution in [3.63, 3.8) is 0 Å². The van der Waals surface area contributed by atoms with Gasteiger partial charge in [0.25, 0.3) is 0 Å². The predicted molar refractivity (Wildman–Crippen MR) is 90.0 cm³/mol. The zero-order valence-corrected chi connectivity index (χ0v) is 12.5. The van der Waals surface area contributed by atoms with Gasteiger partial charge in [-0.25, -0.2) is 0 Å². The molecule has 0 saturated heterocycles. The van der Waals surface area contributed by atoms with E-state index in [1.807, 2.05) is 0 Å². The third-order valence-electron chi connectivity index (χ3n) is 3.34. The number of anilines is 4. The molecule has 0 bridgehead atoms. The molecule has 2 aromatic rings. The minimum Gasteiger partial charge on any atom is -0.769 e. The number of Topliss-reactive ketones (excluding diaryl/α,β-unsaturated/α-hetero) is 1. The highest BCUT2D eigenvalue weighted by molar-refractivity contribution is 6.00. The van der Waals surface area contributed by atoms with Crippen molar-refractivity contribution < 1.29 is 15.2 Å². The van der Waals surface area contributed by atoms with Gasteiger partial charge in [-0.05, 0) is 30.3 Å². The molecule has 0 spiro atoms. The van der Waals surface area contributed by atoms with Crippen LogP contribution in [0.4, 0.5) is 22.7 Å². The van der Waals surface area contributed by atoms with E-state index in [-0.39, 0.29) is 41.0 Å². The highest BCUT2D eigenvalue weighted by Gasteiger charge is 2.11. The van der Waals surface area contributed by atoms with Gasteiger partial charge in [0.15, 0.2) is 5.78 Å². The summed E-state index contributed by atoms with van der Waals surface area (Å²) in [4.78, 5) is 12.1. The molecule has 0 aliphatic carbocycles. The van der Waals surface area contributed by atoms with Crippen LogP contribution in [0, 0.1) is 10.4 Å². The molecule has 2 rings (SSSR count). The monoisotopic (exact) mass is 332 g/mol. The number of nitrogens with two attached hydrogens (primary N) is 1. The molecule has 0 saturated carbocycles. The summed E-state index contributed by atoms with van der Waals surface area (Å²) in [6, 6.07) is 10.2. The van der Waals surface area contributed by atoms with Gasteiger partial charge in [0.1, 0.15) is 5.69 Å². The van der Waals surface area contributed by atoms with Gasteiger partial charge in [0.2, 0.25) is 0 Å². The summed E-state index contributed by atoms with van der Waals surface area (Å²) in [6.07, 6.45) is 0.113. The molecule has 0 amide bonds. The van der Waals surface area contributed by atoms with E-state index in [2.05, 4.69) is 5.32 Å². The molecule has 5 N–H and O–H groups in total. The van der Waals surface area contributed by atoms with Gasteiger partial charge in [-0.15, -0.1) is 5.23 Å². The van der Waals surface area contributed by atoms with Gasteiger partial charge < -0.3 is 26.7 Å². The molecule has 0 unspecified atom stereocenters. The lowest BCUT2D eigenvalue weighted by Gasteiger charge is -2.38. The first-order valence-electron chi connectivity index (χ1n) is 6.98. The topological polar surface area (TPSA) is 148 Å². The molecule has 0 heterocycles. The van der Waals surface area contributed by atoms with Gasteiger partial charge in [0.05, 0.1) is 5.69 Å². The maximum Gasteiger partial charge on any atom is 0.166 e. The summed E-state index contributed by atoms with van der Waals surface area (Å²) in [5.41, 5.74) is 6.27. The van der Waals surface area contributed by atoms with Crippen molar-refractivity contribution >= 4 is 28.5 Å². The van der Waals surface area contributed by atoms with Crippen LogP contribution in [0.3, 0.4) is 0 Å². The third kappa shape index (κ3) is 4.12. The quantitative estimate of drug-likeness (QED) is 0.340. The van der Waals surface area contributed by atoms with E-state index in [0.717, 1.165) is 6.07 Å². The Labute approximate surface area is 137 Å². The second-order valence-corrected chi connectivity index (χ2v) is 4.94. The summed E-state index contributed by atoms with van der Waals surface area (Å²) in [5, 5.41) is 41.8. The van der Waals surface area contributed by atoms with Gasteiger partial charge in [0, 0.05) is 29.9 Å². The first kappa shape index (κ1) is 17.5. The Kier molecular flexibility index (Phi) is 5.55. The average Bonchev–Trinajstić information content (AvgIpc) is 2.55. The lowest BCUT2D eigenvalue weighted by atomic mass is 10.1. The van der Waals surface area contributed by atoms with Crippen molar-refractivity contribution in [3.05, 3.63) is 58.4 Å². The Morgan fingerprint density at radius 3 is 2.50 bits per heavy atom. The van der Waals surface area contributed by atoms with E-state index in [9.17, 15) is 25.6 Å². The summed E-state index contributed by atoms with van der Waals surface area (Å²) in [7, 11) is 0. The van der Waals surface area contributed by atoms with Crippen molar-refractivity contribution in [1.82, 2.24) is 0 Å². The van der Waals surface area contributed by atoms with E-state index in [1.54, 1.807) is 24.3 Å². The van der Waals surface area contributed by atoms with Crippen molar-refractivity contribution in [2.45, 2.75) is 6.42 Å². The predicted octanol–water partition coefficient (Wildman–Crippen LogP) is 2.34. The first-order chi connectivity index (χ1) is 11.4. The third-order valence-corrected chi connectivity index (χ3v) is 3.34. The van der Waals surface area contributed by atoms with Crippen LogP contribution in [0.15, 0.2) is 42.5 Å². The number of para-hydroxylation sites is 1. The number of carbonyl (C=O) groups is 1. The number of ketones is 1. The van der Waals surface area contributed by atoms with Gasteiger partial charge in [-0.2, -0.15) is 0 Å². The molecule has 0 aromatic heterocycles. The van der Waals surface area contributed by atoms with E-state index >= 15 is 0 Å². The van der Waals surface area contributed by atoms with Crippen LogP contribution in [-0.2, 0) is 0 Å². The fourth-order valence-corrected chi connectivity index (χ4v) is 2.14. The Morgan fingerprint density at radius 1 is 1.17 bits per heavy atom. The SMILES string of the molecule is Nc1ccccc1C(=O)CCNc1ccc(N([O-])[O-])cc1N(O)O. The molecule has 24 heavy (non-hydrogen) atoms. The fraction of sp³-hybridized carbons (Fsp3) is 0.133. The minimum atomic E-state index is -0.654. The molecule has 0 atom stereocenters. The number of benzene rings is 2. The molecule has 128 valence electrons. The Bertz CT molecular complexity index is 721. The molecular weight excluding hydrogens is 316 g/mol. The number of nitrogen functional groups attached to an aromatic ring is 1. The first-order valence-corrected chi connectivity index (χ1v) is 6.98. The van der Waals surface area contributed by atoms with Crippen LogP contribution in [0.1, 0.15) is 16.8 Å². The molecular formula is C15H16N4O5-2. The van der Waals surface area contributed by atoms with Crippen LogP contribution in [0.25, 0.3) is 0 Å². The van der Waals surface area contributed by atoms with Crippen LogP contribution < -0.4 is 21.5 Å².